The van der Waals surface area contributed by atoms with Crippen LogP contribution in [0.25, 0.3) is 0 Å². The Morgan fingerprint density at radius 3 is 2.60 bits per heavy atom. The topological polar surface area (TPSA) is 46.3 Å². The van der Waals surface area contributed by atoms with Gasteiger partial charge in [-0.25, -0.2) is 0 Å². The molecule has 1 unspecified atom stereocenters. The van der Waals surface area contributed by atoms with Crippen LogP contribution >= 0.6 is 0 Å². The predicted molar refractivity (Wildman–Crippen MR) is 77.2 cm³/mol. The molecule has 1 atom stereocenters. The van der Waals surface area contributed by atoms with Crippen LogP contribution in [0.5, 0.6) is 0 Å². The quantitative estimate of drug-likeness (QED) is 0.840. The molecular weight excluding hydrogens is 252 g/mol. The molecule has 0 fully saturated rings. The molecule has 0 spiro atoms. The summed E-state index contributed by atoms with van der Waals surface area (Å²) in [5, 5.41) is 3.85. The maximum atomic E-state index is 11.8. The Morgan fingerprint density at radius 2 is 2.05 bits per heavy atom. The van der Waals surface area contributed by atoms with Gasteiger partial charge in [0.2, 0.25) is 5.91 Å². The third-order valence-corrected chi connectivity index (χ3v) is 3.52. The summed E-state index contributed by atoms with van der Waals surface area (Å²) in [6.07, 6.45) is 1.61. The number of aryl methyl sites for hydroxylation is 1. The number of amides is 1. The predicted octanol–water partition coefficient (Wildman–Crippen LogP) is 3.14. The molecule has 4 nitrogen and oxygen atoms in total. The lowest BCUT2D eigenvalue weighted by Crippen LogP contribution is -2.31. The second-order valence-corrected chi connectivity index (χ2v) is 5.14. The van der Waals surface area contributed by atoms with Gasteiger partial charge in [-0.1, -0.05) is 42.4 Å². The summed E-state index contributed by atoms with van der Waals surface area (Å²) in [7, 11) is 0. The lowest BCUT2D eigenvalue weighted by Gasteiger charge is -2.24. The Bertz CT molecular complexity index is 563. The van der Waals surface area contributed by atoms with E-state index in [0.29, 0.717) is 19.0 Å². The second kappa shape index (κ2) is 6.37. The first kappa shape index (κ1) is 14.3. The van der Waals surface area contributed by atoms with Gasteiger partial charge in [-0.3, -0.25) is 4.79 Å². The molecule has 1 amide bonds. The Labute approximate surface area is 119 Å². The Kier molecular flexibility index (Phi) is 4.56. The fourth-order valence-corrected chi connectivity index (χ4v) is 2.19. The van der Waals surface area contributed by atoms with Gasteiger partial charge in [0.15, 0.2) is 0 Å². The standard InChI is InChI=1S/C16H20N2O2/c1-12(15-7-5-4-6-8-15)9-18(14(3)19)10-16-11-20-17-13(16)2/h4-8,11-12H,9-10H2,1-3H3. The van der Waals surface area contributed by atoms with Gasteiger partial charge < -0.3 is 9.42 Å². The molecule has 0 saturated carbocycles. The highest BCUT2D eigenvalue weighted by Crippen LogP contribution is 2.18. The summed E-state index contributed by atoms with van der Waals surface area (Å²) in [6, 6.07) is 10.2. The van der Waals surface area contributed by atoms with Gasteiger partial charge in [-0.05, 0) is 18.4 Å². The molecule has 2 rings (SSSR count). The number of carbonyl (C=O) groups is 1. The van der Waals surface area contributed by atoms with Crippen LogP contribution in [-0.4, -0.2) is 22.5 Å². The lowest BCUT2D eigenvalue weighted by molar-refractivity contribution is -0.129. The lowest BCUT2D eigenvalue weighted by atomic mass is 10.0. The first-order chi connectivity index (χ1) is 9.58. The Balaban J connectivity index is 2.06. The van der Waals surface area contributed by atoms with Crippen LogP contribution in [0.1, 0.15) is 36.6 Å². The maximum absolute atomic E-state index is 11.8. The molecule has 106 valence electrons. The van der Waals surface area contributed by atoms with Crippen molar-refractivity contribution in [1.29, 1.82) is 0 Å². The maximum Gasteiger partial charge on any atom is 0.219 e. The first-order valence-corrected chi connectivity index (χ1v) is 6.78. The van der Waals surface area contributed by atoms with E-state index in [9.17, 15) is 4.79 Å². The summed E-state index contributed by atoms with van der Waals surface area (Å²) in [5.74, 6) is 0.355. The van der Waals surface area contributed by atoms with Crippen molar-refractivity contribution in [2.75, 3.05) is 6.54 Å². The van der Waals surface area contributed by atoms with Crippen molar-refractivity contribution >= 4 is 5.91 Å². The number of hydrogen-bond donors (Lipinski definition) is 0. The van der Waals surface area contributed by atoms with E-state index in [1.807, 2.05) is 30.0 Å². The van der Waals surface area contributed by atoms with Crippen LogP contribution in [0, 0.1) is 6.92 Å². The first-order valence-electron chi connectivity index (χ1n) is 6.78. The largest absolute Gasteiger partial charge is 0.364 e. The second-order valence-electron chi connectivity index (χ2n) is 5.14. The summed E-state index contributed by atoms with van der Waals surface area (Å²) in [4.78, 5) is 13.7. The van der Waals surface area contributed by atoms with E-state index in [-0.39, 0.29) is 5.91 Å². The van der Waals surface area contributed by atoms with Crippen LogP contribution in [0.4, 0.5) is 0 Å². The van der Waals surface area contributed by atoms with Crippen molar-refractivity contribution in [2.45, 2.75) is 33.2 Å². The average molecular weight is 272 g/mol. The van der Waals surface area contributed by atoms with Crippen molar-refractivity contribution < 1.29 is 9.32 Å². The van der Waals surface area contributed by atoms with E-state index in [2.05, 4.69) is 24.2 Å². The van der Waals surface area contributed by atoms with Gasteiger partial charge in [-0.2, -0.15) is 0 Å². The minimum atomic E-state index is 0.0633. The number of hydrogen-bond acceptors (Lipinski definition) is 3. The zero-order valence-electron chi connectivity index (χ0n) is 12.2. The SMILES string of the molecule is CC(=O)N(Cc1conc1C)CC(C)c1ccccc1. The van der Waals surface area contributed by atoms with Crippen LogP contribution in [0.15, 0.2) is 41.1 Å². The smallest absolute Gasteiger partial charge is 0.219 e. The van der Waals surface area contributed by atoms with Crippen molar-refractivity contribution in [3.8, 4) is 0 Å². The zero-order chi connectivity index (χ0) is 14.5. The van der Waals surface area contributed by atoms with Crippen molar-refractivity contribution in [2.24, 2.45) is 0 Å². The molecule has 0 aliphatic heterocycles. The fourth-order valence-electron chi connectivity index (χ4n) is 2.19. The van der Waals surface area contributed by atoms with Gasteiger partial charge in [0, 0.05) is 19.0 Å². The van der Waals surface area contributed by atoms with Gasteiger partial charge in [-0.15, -0.1) is 0 Å². The zero-order valence-corrected chi connectivity index (χ0v) is 12.2. The summed E-state index contributed by atoms with van der Waals surface area (Å²) >= 11 is 0. The summed E-state index contributed by atoms with van der Waals surface area (Å²) in [5.41, 5.74) is 3.03. The minimum absolute atomic E-state index is 0.0633. The van der Waals surface area contributed by atoms with Crippen molar-refractivity contribution in [3.63, 3.8) is 0 Å². The Hall–Kier alpha value is -2.10. The molecule has 0 bridgehead atoms. The number of aromatic nitrogens is 1. The van der Waals surface area contributed by atoms with E-state index in [1.54, 1.807) is 13.2 Å². The number of nitrogens with zero attached hydrogens (tertiary/aromatic N) is 2. The van der Waals surface area contributed by atoms with Gasteiger partial charge in [0.1, 0.15) is 6.26 Å². The molecule has 0 aliphatic carbocycles. The van der Waals surface area contributed by atoms with Gasteiger partial charge >= 0.3 is 0 Å². The molecule has 1 heterocycles. The molecule has 20 heavy (non-hydrogen) atoms. The van der Waals surface area contributed by atoms with E-state index < -0.39 is 0 Å². The highest BCUT2D eigenvalue weighted by molar-refractivity contribution is 5.73. The third kappa shape index (κ3) is 3.47. The highest BCUT2D eigenvalue weighted by Gasteiger charge is 2.16. The van der Waals surface area contributed by atoms with E-state index in [4.69, 9.17) is 4.52 Å². The van der Waals surface area contributed by atoms with E-state index >= 15 is 0 Å². The molecule has 4 heteroatoms. The minimum Gasteiger partial charge on any atom is -0.364 e. The fraction of sp³-hybridized carbons (Fsp3) is 0.375. The highest BCUT2D eigenvalue weighted by atomic mass is 16.5. The van der Waals surface area contributed by atoms with Crippen LogP contribution < -0.4 is 0 Å². The van der Waals surface area contributed by atoms with Crippen LogP contribution in [0.3, 0.4) is 0 Å². The Morgan fingerprint density at radius 1 is 1.35 bits per heavy atom. The third-order valence-electron chi connectivity index (χ3n) is 3.52. The summed E-state index contributed by atoms with van der Waals surface area (Å²) in [6.45, 7) is 6.84. The molecule has 0 radical (unpaired) electrons. The normalized spacial score (nSPS) is 12.2. The molecule has 1 aromatic carbocycles. The molecule has 0 aliphatic rings. The van der Waals surface area contributed by atoms with E-state index in [0.717, 1.165) is 11.3 Å². The van der Waals surface area contributed by atoms with Gasteiger partial charge in [0.05, 0.1) is 12.2 Å². The summed E-state index contributed by atoms with van der Waals surface area (Å²) < 4.78 is 4.93. The van der Waals surface area contributed by atoms with E-state index in [1.165, 1.54) is 5.56 Å². The van der Waals surface area contributed by atoms with Crippen molar-refractivity contribution in [1.82, 2.24) is 10.1 Å². The molecule has 0 N–H and O–H groups in total. The number of rotatable bonds is 5. The molecule has 0 saturated heterocycles. The van der Waals surface area contributed by atoms with Gasteiger partial charge in [0.25, 0.3) is 0 Å². The molecular formula is C16H20N2O2. The van der Waals surface area contributed by atoms with Crippen LogP contribution in [-0.2, 0) is 11.3 Å². The molecule has 1 aromatic heterocycles. The number of carbonyl (C=O) groups excluding carboxylic acids is 1. The number of benzene rings is 1. The average Bonchev–Trinajstić information content (AvgIpc) is 2.84. The van der Waals surface area contributed by atoms with Crippen molar-refractivity contribution in [3.05, 3.63) is 53.4 Å². The molecule has 2 aromatic rings. The van der Waals surface area contributed by atoms with Crippen LogP contribution in [0.2, 0.25) is 0 Å². The monoisotopic (exact) mass is 272 g/mol.